The topological polar surface area (TPSA) is 85.2 Å². The van der Waals surface area contributed by atoms with Gasteiger partial charge >= 0.3 is 0 Å². The fraction of sp³-hybridized carbons (Fsp3) is 0.464. The van der Waals surface area contributed by atoms with Crippen molar-refractivity contribution < 1.29 is 14.0 Å². The number of nitriles is 1. The highest BCUT2D eigenvalue weighted by Gasteiger charge is 2.58. The molecule has 7 rings (SSSR count). The van der Waals surface area contributed by atoms with Gasteiger partial charge in [0.15, 0.2) is 0 Å². The largest absolute Gasteiger partial charge is 0.347 e. The van der Waals surface area contributed by atoms with Gasteiger partial charge in [0.2, 0.25) is 5.91 Å². The van der Waals surface area contributed by atoms with Crippen molar-refractivity contribution in [2.24, 2.45) is 11.8 Å². The Morgan fingerprint density at radius 2 is 1.67 bits per heavy atom. The Labute approximate surface area is 216 Å². The number of carbonyl (C=O) groups excluding carboxylic acids is 2. The summed E-state index contributed by atoms with van der Waals surface area (Å²) in [5.41, 5.74) is 2.61. The van der Waals surface area contributed by atoms with Crippen molar-refractivity contribution in [3.8, 4) is 6.07 Å². The van der Waals surface area contributed by atoms with Crippen LogP contribution < -0.4 is 10.6 Å². The van der Waals surface area contributed by atoms with Crippen molar-refractivity contribution in [2.45, 2.75) is 62.7 Å². The molecular formula is C28H30ClFN4O2. The van der Waals surface area contributed by atoms with Crippen LogP contribution in [0.4, 0.5) is 4.39 Å². The minimum Gasteiger partial charge on any atom is -0.347 e. The van der Waals surface area contributed by atoms with Gasteiger partial charge in [0.1, 0.15) is 5.82 Å². The van der Waals surface area contributed by atoms with E-state index >= 15 is 0 Å². The van der Waals surface area contributed by atoms with E-state index in [1.807, 2.05) is 0 Å². The average Bonchev–Trinajstić information content (AvgIpc) is 3.25. The monoisotopic (exact) mass is 508 g/mol. The molecule has 0 radical (unpaired) electrons. The van der Waals surface area contributed by atoms with E-state index in [9.17, 15) is 14.0 Å². The van der Waals surface area contributed by atoms with Gasteiger partial charge in [0.05, 0.1) is 18.2 Å². The molecular weight excluding hydrogens is 479 g/mol. The second kappa shape index (κ2) is 9.17. The van der Waals surface area contributed by atoms with E-state index in [4.69, 9.17) is 5.26 Å². The number of benzene rings is 2. The number of nitrogens with one attached hydrogen (secondary N) is 2. The molecule has 1 aliphatic heterocycles. The lowest BCUT2D eigenvalue weighted by Gasteiger charge is -2.62. The van der Waals surface area contributed by atoms with Crippen molar-refractivity contribution >= 4 is 24.2 Å². The van der Waals surface area contributed by atoms with Gasteiger partial charge in [-0.15, -0.1) is 12.4 Å². The number of halogens is 2. The van der Waals surface area contributed by atoms with E-state index in [-0.39, 0.29) is 47.7 Å². The Hall–Kier alpha value is -2.95. The van der Waals surface area contributed by atoms with Crippen molar-refractivity contribution in [1.29, 1.82) is 5.26 Å². The second-order valence-corrected chi connectivity index (χ2v) is 11.2. The molecule has 2 unspecified atom stereocenters. The van der Waals surface area contributed by atoms with E-state index in [1.54, 1.807) is 35.2 Å². The highest BCUT2D eigenvalue weighted by atomic mass is 35.5. The first-order valence-electron chi connectivity index (χ1n) is 12.5. The van der Waals surface area contributed by atoms with Gasteiger partial charge in [0.25, 0.3) is 5.91 Å². The van der Waals surface area contributed by atoms with Gasteiger partial charge in [-0.3, -0.25) is 9.59 Å². The van der Waals surface area contributed by atoms with E-state index in [0.29, 0.717) is 36.1 Å². The van der Waals surface area contributed by atoms with Crippen LogP contribution in [0.2, 0.25) is 0 Å². The molecule has 2 aromatic carbocycles. The first kappa shape index (κ1) is 24.7. The molecule has 8 heteroatoms. The second-order valence-electron chi connectivity index (χ2n) is 11.2. The lowest BCUT2D eigenvalue weighted by molar-refractivity contribution is -0.132. The summed E-state index contributed by atoms with van der Waals surface area (Å²) in [6.07, 6.45) is 6.06. The van der Waals surface area contributed by atoms with E-state index in [0.717, 1.165) is 43.2 Å². The van der Waals surface area contributed by atoms with E-state index in [1.165, 1.54) is 18.6 Å². The summed E-state index contributed by atoms with van der Waals surface area (Å²) in [4.78, 5) is 28.0. The van der Waals surface area contributed by atoms with Crippen LogP contribution in [0.25, 0.3) is 0 Å². The van der Waals surface area contributed by atoms with Crippen LogP contribution in [0.5, 0.6) is 0 Å². The molecule has 2 N–H and O–H groups in total. The third kappa shape index (κ3) is 4.49. The maximum atomic E-state index is 13.6. The van der Waals surface area contributed by atoms with Gasteiger partial charge in [-0.05, 0) is 97.9 Å². The molecule has 0 saturated heterocycles. The third-order valence-electron chi connectivity index (χ3n) is 8.57. The lowest BCUT2D eigenvalue weighted by Crippen LogP contribution is -2.69. The smallest absolute Gasteiger partial charge is 0.251 e. The SMILES string of the molecule is Cl.N#Cc1ccc(C(=O)NC23C[C@@H]4C[C@@H](CC(NCC(=O)N5Cc6ccc(F)cc6C5)(C4)C2)C3)cc1. The molecule has 1 heterocycles. The molecule has 4 fully saturated rings. The standard InChI is InChI=1S/C28H29FN4O2.ClH/c29-24-6-5-22-15-33(16-23(22)8-24)25(34)14-31-27-9-19-7-20(10-27)12-28(11-19,17-27)32-26(35)21-3-1-18(13-30)2-4-21;/h1-6,8,19-20,31H,7,9-12,14-17H2,(H,32,35);1H/t19-,20+,27?,28?;. The molecule has 36 heavy (non-hydrogen) atoms. The number of hydrogen-bond acceptors (Lipinski definition) is 4. The van der Waals surface area contributed by atoms with Gasteiger partial charge in [-0.25, -0.2) is 4.39 Å². The van der Waals surface area contributed by atoms with Gasteiger partial charge in [-0.1, -0.05) is 6.07 Å². The Bertz CT molecular complexity index is 1230. The van der Waals surface area contributed by atoms with Gasteiger partial charge in [0, 0.05) is 29.7 Å². The van der Waals surface area contributed by atoms with Crippen LogP contribution >= 0.6 is 12.4 Å². The van der Waals surface area contributed by atoms with Crippen molar-refractivity contribution in [3.63, 3.8) is 0 Å². The number of fused-ring (bicyclic) bond motifs is 1. The Kier molecular flexibility index (Phi) is 6.30. The fourth-order valence-electron chi connectivity index (χ4n) is 7.54. The summed E-state index contributed by atoms with van der Waals surface area (Å²) in [6, 6.07) is 13.6. The first-order chi connectivity index (χ1) is 16.8. The van der Waals surface area contributed by atoms with Crippen LogP contribution in [0, 0.1) is 29.0 Å². The zero-order valence-electron chi connectivity index (χ0n) is 20.1. The highest BCUT2D eigenvalue weighted by Crippen LogP contribution is 2.57. The van der Waals surface area contributed by atoms with Crippen LogP contribution in [-0.2, 0) is 17.9 Å². The zero-order chi connectivity index (χ0) is 24.2. The summed E-state index contributed by atoms with van der Waals surface area (Å²) >= 11 is 0. The first-order valence-corrected chi connectivity index (χ1v) is 12.5. The van der Waals surface area contributed by atoms with E-state index in [2.05, 4.69) is 16.7 Å². The van der Waals surface area contributed by atoms with Crippen LogP contribution in [0.3, 0.4) is 0 Å². The number of rotatable bonds is 5. The maximum absolute atomic E-state index is 13.6. The molecule has 0 aromatic heterocycles. The number of amides is 2. The third-order valence-corrected chi connectivity index (χ3v) is 8.57. The normalized spacial score (nSPS) is 29.3. The minimum atomic E-state index is -0.266. The maximum Gasteiger partial charge on any atom is 0.251 e. The van der Waals surface area contributed by atoms with Crippen molar-refractivity contribution in [1.82, 2.24) is 15.5 Å². The Morgan fingerprint density at radius 3 is 2.36 bits per heavy atom. The zero-order valence-corrected chi connectivity index (χ0v) is 20.9. The van der Waals surface area contributed by atoms with Gasteiger partial charge in [-0.2, -0.15) is 5.26 Å². The molecule has 6 nitrogen and oxygen atoms in total. The molecule has 5 aliphatic rings. The van der Waals surface area contributed by atoms with Gasteiger partial charge < -0.3 is 15.5 Å². The quantitative estimate of drug-likeness (QED) is 0.637. The summed E-state index contributed by atoms with van der Waals surface area (Å²) in [5.74, 6) is 0.758. The molecule has 4 saturated carbocycles. The van der Waals surface area contributed by atoms with Crippen LogP contribution in [0.15, 0.2) is 42.5 Å². The summed E-state index contributed by atoms with van der Waals surface area (Å²) in [6.45, 7) is 1.24. The fourth-order valence-corrected chi connectivity index (χ4v) is 7.54. The summed E-state index contributed by atoms with van der Waals surface area (Å²) < 4.78 is 13.6. The average molecular weight is 509 g/mol. The minimum absolute atomic E-state index is 0. The van der Waals surface area contributed by atoms with Crippen molar-refractivity contribution in [2.75, 3.05) is 6.54 Å². The number of nitrogens with zero attached hydrogens (tertiary/aromatic N) is 2. The predicted molar refractivity (Wildman–Crippen MR) is 135 cm³/mol. The molecule has 4 bridgehead atoms. The highest BCUT2D eigenvalue weighted by molar-refractivity contribution is 5.94. The summed E-state index contributed by atoms with van der Waals surface area (Å²) in [7, 11) is 0. The molecule has 2 aromatic rings. The van der Waals surface area contributed by atoms with Crippen LogP contribution in [0.1, 0.15) is 65.6 Å². The summed E-state index contributed by atoms with van der Waals surface area (Å²) in [5, 5.41) is 16.0. The Morgan fingerprint density at radius 1 is 1.00 bits per heavy atom. The molecule has 2 amide bonds. The number of carbonyl (C=O) groups is 2. The predicted octanol–water partition coefficient (Wildman–Crippen LogP) is 4.07. The Balaban J connectivity index is 0.00000267. The molecule has 188 valence electrons. The molecule has 4 atom stereocenters. The van der Waals surface area contributed by atoms with Crippen LogP contribution in [-0.4, -0.2) is 34.3 Å². The van der Waals surface area contributed by atoms with Crippen molar-refractivity contribution in [3.05, 3.63) is 70.5 Å². The van der Waals surface area contributed by atoms with E-state index < -0.39 is 0 Å². The molecule has 0 spiro atoms. The molecule has 4 aliphatic carbocycles. The number of hydrogen-bond donors (Lipinski definition) is 2. The lowest BCUT2D eigenvalue weighted by atomic mass is 9.50.